The van der Waals surface area contributed by atoms with E-state index in [1.165, 1.54) is 12.5 Å². The molecule has 1 aromatic rings. The quantitative estimate of drug-likeness (QED) is 0.857. The average molecular weight is 296 g/mol. The van der Waals surface area contributed by atoms with E-state index in [0.717, 1.165) is 12.4 Å². The molecular formula is C15H24N2O2S. The van der Waals surface area contributed by atoms with Gasteiger partial charge in [0.05, 0.1) is 4.90 Å². The van der Waals surface area contributed by atoms with Crippen LogP contribution in [0.15, 0.2) is 23.2 Å². The third-order valence-corrected chi connectivity index (χ3v) is 5.29. The molecule has 1 aromatic heterocycles. The highest BCUT2D eigenvalue weighted by Crippen LogP contribution is 2.38. The summed E-state index contributed by atoms with van der Waals surface area (Å²) in [5, 5.41) is 0. The van der Waals surface area contributed by atoms with Gasteiger partial charge in [-0.05, 0) is 29.9 Å². The lowest BCUT2D eigenvalue weighted by Crippen LogP contribution is -2.61. The number of nitrogens with zero attached hydrogens (tertiary/aromatic N) is 2. The van der Waals surface area contributed by atoms with Gasteiger partial charge in [0, 0.05) is 25.0 Å². The van der Waals surface area contributed by atoms with Crippen LogP contribution >= 0.6 is 0 Å². The number of hydrogen-bond acceptors (Lipinski definition) is 4. The smallest absolute Gasteiger partial charge is 0.177 e. The number of aromatic nitrogens is 1. The molecule has 0 aliphatic carbocycles. The van der Waals surface area contributed by atoms with E-state index in [1.54, 1.807) is 6.07 Å². The lowest BCUT2D eigenvalue weighted by molar-refractivity contribution is 0.176. The Hall–Kier alpha value is -1.10. The Morgan fingerprint density at radius 2 is 1.85 bits per heavy atom. The molecule has 0 amide bonds. The van der Waals surface area contributed by atoms with E-state index in [2.05, 4.69) is 37.6 Å². The minimum atomic E-state index is -3.17. The Morgan fingerprint density at radius 3 is 2.25 bits per heavy atom. The van der Waals surface area contributed by atoms with Crippen molar-refractivity contribution >= 4 is 15.7 Å². The molecule has 2 heterocycles. The maximum Gasteiger partial charge on any atom is 0.177 e. The predicted molar refractivity (Wildman–Crippen MR) is 81.6 cm³/mol. The summed E-state index contributed by atoms with van der Waals surface area (Å²) in [4.78, 5) is 6.91. The minimum Gasteiger partial charge on any atom is -0.353 e. The Kier molecular flexibility index (Phi) is 4.09. The molecule has 1 saturated heterocycles. The van der Waals surface area contributed by atoms with E-state index in [1.807, 2.05) is 6.07 Å². The lowest BCUT2D eigenvalue weighted by atomic mass is 9.75. The van der Waals surface area contributed by atoms with Gasteiger partial charge >= 0.3 is 0 Å². The summed E-state index contributed by atoms with van der Waals surface area (Å²) in [6.45, 7) is 10.00. The number of hydrogen-bond donors (Lipinski definition) is 0. The van der Waals surface area contributed by atoms with E-state index >= 15 is 0 Å². The molecule has 4 nitrogen and oxygen atoms in total. The van der Waals surface area contributed by atoms with Crippen LogP contribution in [0.25, 0.3) is 0 Å². The SMILES string of the molecule is CC(C)[C@H]1CN(c2ccc(S(C)(=O)=O)cn2)[C@@H]1C(C)C. The standard InChI is InChI=1S/C15H24N2O2S/c1-10(2)13-9-17(15(13)11(3)4)14-7-6-12(8-16-14)20(5,18)19/h6-8,10-11,13,15H,9H2,1-5H3/t13-,15-/m1/s1. The molecule has 0 spiro atoms. The fourth-order valence-electron chi connectivity index (χ4n) is 3.02. The highest BCUT2D eigenvalue weighted by Gasteiger charge is 2.42. The lowest BCUT2D eigenvalue weighted by Gasteiger charge is -2.53. The summed E-state index contributed by atoms with van der Waals surface area (Å²) < 4.78 is 22.9. The summed E-state index contributed by atoms with van der Waals surface area (Å²) in [5.41, 5.74) is 0. The molecule has 2 rings (SSSR count). The van der Waals surface area contributed by atoms with Crippen LogP contribution in [0.3, 0.4) is 0 Å². The number of sulfone groups is 1. The fraction of sp³-hybridized carbons (Fsp3) is 0.667. The van der Waals surface area contributed by atoms with Gasteiger partial charge in [-0.2, -0.15) is 0 Å². The van der Waals surface area contributed by atoms with Crippen LogP contribution in [0, 0.1) is 17.8 Å². The van der Waals surface area contributed by atoms with Crippen molar-refractivity contribution in [2.75, 3.05) is 17.7 Å². The van der Waals surface area contributed by atoms with Gasteiger partial charge in [-0.1, -0.05) is 27.7 Å². The van der Waals surface area contributed by atoms with Gasteiger partial charge < -0.3 is 4.90 Å². The second kappa shape index (κ2) is 5.35. The summed E-state index contributed by atoms with van der Waals surface area (Å²) in [7, 11) is -3.17. The summed E-state index contributed by atoms with van der Waals surface area (Å²) in [6.07, 6.45) is 2.67. The second-order valence-corrected chi connectivity index (χ2v) is 8.43. The van der Waals surface area contributed by atoms with Crippen molar-refractivity contribution in [3.8, 4) is 0 Å². The van der Waals surface area contributed by atoms with E-state index in [-0.39, 0.29) is 4.90 Å². The fourth-order valence-corrected chi connectivity index (χ4v) is 3.58. The molecule has 0 aromatic carbocycles. The average Bonchev–Trinajstić information content (AvgIpc) is 2.25. The Bertz CT molecular complexity index is 564. The minimum absolute atomic E-state index is 0.281. The third kappa shape index (κ3) is 2.82. The molecule has 0 saturated carbocycles. The third-order valence-electron chi connectivity index (χ3n) is 4.19. The zero-order chi connectivity index (χ0) is 15.1. The number of pyridine rings is 1. The van der Waals surface area contributed by atoms with Crippen LogP contribution in [-0.2, 0) is 9.84 Å². The van der Waals surface area contributed by atoms with Crippen molar-refractivity contribution < 1.29 is 8.42 Å². The molecular weight excluding hydrogens is 272 g/mol. The van der Waals surface area contributed by atoms with E-state index in [0.29, 0.717) is 23.8 Å². The zero-order valence-corrected chi connectivity index (χ0v) is 13.7. The zero-order valence-electron chi connectivity index (χ0n) is 12.9. The van der Waals surface area contributed by atoms with Gasteiger partial charge in [-0.25, -0.2) is 13.4 Å². The largest absolute Gasteiger partial charge is 0.353 e. The normalized spacial score (nSPS) is 23.2. The van der Waals surface area contributed by atoms with Gasteiger partial charge in [0.2, 0.25) is 0 Å². The van der Waals surface area contributed by atoms with Crippen molar-refractivity contribution in [2.24, 2.45) is 17.8 Å². The first-order chi connectivity index (χ1) is 9.21. The van der Waals surface area contributed by atoms with Gasteiger partial charge in [0.25, 0.3) is 0 Å². The van der Waals surface area contributed by atoms with Crippen molar-refractivity contribution in [2.45, 2.75) is 38.6 Å². The van der Waals surface area contributed by atoms with E-state index < -0.39 is 9.84 Å². The first-order valence-electron chi connectivity index (χ1n) is 7.14. The summed E-state index contributed by atoms with van der Waals surface area (Å²) in [6, 6.07) is 3.96. The van der Waals surface area contributed by atoms with Crippen LogP contribution in [0.5, 0.6) is 0 Å². The number of anilines is 1. The Morgan fingerprint density at radius 1 is 1.20 bits per heavy atom. The van der Waals surface area contributed by atoms with Crippen LogP contribution in [0.2, 0.25) is 0 Å². The van der Waals surface area contributed by atoms with Crippen molar-refractivity contribution in [1.82, 2.24) is 4.98 Å². The highest BCUT2D eigenvalue weighted by atomic mass is 32.2. The molecule has 1 fully saturated rings. The van der Waals surface area contributed by atoms with Crippen molar-refractivity contribution in [3.05, 3.63) is 18.3 Å². The number of rotatable bonds is 4. The first-order valence-corrected chi connectivity index (χ1v) is 9.03. The maximum atomic E-state index is 11.5. The molecule has 2 atom stereocenters. The van der Waals surface area contributed by atoms with Crippen LogP contribution in [0.1, 0.15) is 27.7 Å². The Labute approximate surface area is 122 Å². The van der Waals surface area contributed by atoms with Gasteiger partial charge in [-0.3, -0.25) is 0 Å². The van der Waals surface area contributed by atoms with Gasteiger partial charge in [0.15, 0.2) is 9.84 Å². The molecule has 0 radical (unpaired) electrons. The van der Waals surface area contributed by atoms with Gasteiger partial charge in [-0.15, -0.1) is 0 Å². The second-order valence-electron chi connectivity index (χ2n) is 6.42. The van der Waals surface area contributed by atoms with Crippen LogP contribution < -0.4 is 4.90 Å². The van der Waals surface area contributed by atoms with Crippen molar-refractivity contribution in [3.63, 3.8) is 0 Å². The maximum absolute atomic E-state index is 11.5. The molecule has 0 bridgehead atoms. The molecule has 5 heteroatoms. The van der Waals surface area contributed by atoms with Crippen LogP contribution in [0.4, 0.5) is 5.82 Å². The highest BCUT2D eigenvalue weighted by molar-refractivity contribution is 7.90. The molecule has 0 unspecified atom stereocenters. The first kappa shape index (κ1) is 15.3. The van der Waals surface area contributed by atoms with Crippen LogP contribution in [-0.4, -0.2) is 32.2 Å². The molecule has 1 aliphatic rings. The molecule has 20 heavy (non-hydrogen) atoms. The van der Waals surface area contributed by atoms with E-state index in [9.17, 15) is 8.42 Å². The van der Waals surface area contributed by atoms with Gasteiger partial charge in [0.1, 0.15) is 5.82 Å². The predicted octanol–water partition coefficient (Wildman–Crippen LogP) is 2.60. The molecule has 0 N–H and O–H groups in total. The van der Waals surface area contributed by atoms with E-state index in [4.69, 9.17) is 0 Å². The summed E-state index contributed by atoms with van der Waals surface area (Å²) in [5.74, 6) is 2.79. The topological polar surface area (TPSA) is 50.3 Å². The summed E-state index contributed by atoms with van der Waals surface area (Å²) >= 11 is 0. The molecule has 1 aliphatic heterocycles. The monoisotopic (exact) mass is 296 g/mol. The molecule has 112 valence electrons. The Balaban J connectivity index is 2.21. The van der Waals surface area contributed by atoms with Crippen molar-refractivity contribution in [1.29, 1.82) is 0 Å².